The number of halogens is 1. The number of hydrogen-bond acceptors (Lipinski definition) is 4. The molecule has 0 bridgehead atoms. The molecule has 7 heteroatoms. The fourth-order valence-corrected chi connectivity index (χ4v) is 4.48. The SMILES string of the molecule is COc1ccc(CCC(=O)N(Cc2cccc(Cl)c2)[C@H](Cc2ccccc2)C(=O)NC(C)(C)C)cc1OC. The van der Waals surface area contributed by atoms with Crippen LogP contribution in [0.5, 0.6) is 11.5 Å². The minimum absolute atomic E-state index is 0.121. The summed E-state index contributed by atoms with van der Waals surface area (Å²) in [6.45, 7) is 6.07. The second kappa shape index (κ2) is 13.3. The van der Waals surface area contributed by atoms with Gasteiger partial charge in [0.05, 0.1) is 14.2 Å². The zero-order valence-corrected chi connectivity index (χ0v) is 23.5. The van der Waals surface area contributed by atoms with Crippen LogP contribution in [0.4, 0.5) is 0 Å². The van der Waals surface area contributed by atoms with Gasteiger partial charge in [-0.15, -0.1) is 0 Å². The van der Waals surface area contributed by atoms with E-state index in [-0.39, 0.29) is 24.8 Å². The minimum Gasteiger partial charge on any atom is -0.493 e. The summed E-state index contributed by atoms with van der Waals surface area (Å²) in [6, 6.07) is 22.1. The van der Waals surface area contributed by atoms with Crippen molar-refractivity contribution in [3.05, 3.63) is 94.5 Å². The molecule has 0 saturated heterocycles. The van der Waals surface area contributed by atoms with Gasteiger partial charge in [-0.2, -0.15) is 0 Å². The Bertz CT molecular complexity index is 1220. The molecule has 0 aliphatic carbocycles. The van der Waals surface area contributed by atoms with Gasteiger partial charge in [0.2, 0.25) is 11.8 Å². The van der Waals surface area contributed by atoms with Gasteiger partial charge in [-0.05, 0) is 68.1 Å². The van der Waals surface area contributed by atoms with Gasteiger partial charge in [0.25, 0.3) is 0 Å². The maximum absolute atomic E-state index is 13.8. The van der Waals surface area contributed by atoms with E-state index in [9.17, 15) is 9.59 Å². The van der Waals surface area contributed by atoms with Gasteiger partial charge in [-0.25, -0.2) is 0 Å². The van der Waals surface area contributed by atoms with Crippen LogP contribution in [0.2, 0.25) is 5.02 Å². The summed E-state index contributed by atoms with van der Waals surface area (Å²) in [5.41, 5.74) is 2.33. The van der Waals surface area contributed by atoms with Crippen molar-refractivity contribution in [3.63, 3.8) is 0 Å². The van der Waals surface area contributed by atoms with Crippen LogP contribution in [0.1, 0.15) is 43.9 Å². The molecule has 3 aromatic rings. The molecule has 38 heavy (non-hydrogen) atoms. The fraction of sp³-hybridized carbons (Fsp3) is 0.355. The van der Waals surface area contributed by atoms with E-state index in [1.165, 1.54) is 0 Å². The van der Waals surface area contributed by atoms with Crippen molar-refractivity contribution in [2.24, 2.45) is 0 Å². The van der Waals surface area contributed by atoms with Crippen LogP contribution in [-0.2, 0) is 29.0 Å². The molecule has 0 saturated carbocycles. The molecule has 0 aliphatic heterocycles. The van der Waals surface area contributed by atoms with Gasteiger partial charge in [-0.3, -0.25) is 9.59 Å². The van der Waals surface area contributed by atoms with E-state index >= 15 is 0 Å². The summed E-state index contributed by atoms with van der Waals surface area (Å²) < 4.78 is 10.7. The molecule has 1 N–H and O–H groups in total. The van der Waals surface area contributed by atoms with Gasteiger partial charge >= 0.3 is 0 Å². The molecular formula is C31H37ClN2O4. The molecule has 2 amide bonds. The number of rotatable bonds is 11. The minimum atomic E-state index is -0.700. The highest BCUT2D eigenvalue weighted by atomic mass is 35.5. The van der Waals surface area contributed by atoms with Gasteiger partial charge in [0, 0.05) is 29.9 Å². The van der Waals surface area contributed by atoms with Crippen molar-refractivity contribution >= 4 is 23.4 Å². The summed E-state index contributed by atoms with van der Waals surface area (Å²) in [5, 5.41) is 3.67. The molecule has 202 valence electrons. The van der Waals surface area contributed by atoms with Crippen LogP contribution >= 0.6 is 11.6 Å². The van der Waals surface area contributed by atoms with Gasteiger partial charge < -0.3 is 19.7 Å². The maximum Gasteiger partial charge on any atom is 0.243 e. The number of carbonyl (C=O) groups excluding carboxylic acids is 2. The number of methoxy groups -OCH3 is 2. The smallest absolute Gasteiger partial charge is 0.243 e. The molecule has 0 aliphatic rings. The number of nitrogens with zero attached hydrogens (tertiary/aromatic N) is 1. The zero-order valence-electron chi connectivity index (χ0n) is 22.8. The summed E-state index contributed by atoms with van der Waals surface area (Å²) in [5.74, 6) is 0.930. The molecule has 3 rings (SSSR count). The van der Waals surface area contributed by atoms with Crippen molar-refractivity contribution in [1.82, 2.24) is 10.2 Å². The number of nitrogens with one attached hydrogen (secondary N) is 1. The first kappa shape index (κ1) is 29.1. The summed E-state index contributed by atoms with van der Waals surface area (Å²) in [7, 11) is 3.17. The van der Waals surface area contributed by atoms with E-state index in [0.717, 1.165) is 16.7 Å². The lowest BCUT2D eigenvalue weighted by Crippen LogP contribution is -2.54. The third-order valence-corrected chi connectivity index (χ3v) is 6.32. The van der Waals surface area contributed by atoms with E-state index in [4.69, 9.17) is 21.1 Å². The normalized spacial score (nSPS) is 11.9. The van der Waals surface area contributed by atoms with Crippen LogP contribution in [0, 0.1) is 0 Å². The van der Waals surface area contributed by atoms with E-state index in [2.05, 4.69) is 5.32 Å². The molecular weight excluding hydrogens is 500 g/mol. The highest BCUT2D eigenvalue weighted by Crippen LogP contribution is 2.28. The van der Waals surface area contributed by atoms with E-state index in [1.807, 2.05) is 87.5 Å². The number of ether oxygens (including phenoxy) is 2. The fourth-order valence-electron chi connectivity index (χ4n) is 4.27. The molecule has 0 unspecified atom stereocenters. The Labute approximate surface area is 230 Å². The van der Waals surface area contributed by atoms with Crippen molar-refractivity contribution in [2.45, 2.75) is 58.2 Å². The van der Waals surface area contributed by atoms with Crippen LogP contribution in [0.3, 0.4) is 0 Å². The van der Waals surface area contributed by atoms with Gasteiger partial charge in [0.15, 0.2) is 11.5 Å². The molecule has 0 fully saturated rings. The third-order valence-electron chi connectivity index (χ3n) is 6.09. The standard InChI is InChI=1S/C31H37ClN2O4/c1-31(2,3)33-30(36)26(19-22-10-7-6-8-11-22)34(21-24-12-9-13-25(32)18-24)29(35)17-15-23-14-16-27(37-4)28(20-23)38-5/h6-14,16,18,20,26H,15,17,19,21H2,1-5H3,(H,33,36)/t26-/m1/s1. The van der Waals surface area contributed by atoms with Crippen LogP contribution in [0.15, 0.2) is 72.8 Å². The highest BCUT2D eigenvalue weighted by Gasteiger charge is 2.32. The van der Waals surface area contributed by atoms with E-state index in [1.54, 1.807) is 25.2 Å². The second-order valence-electron chi connectivity index (χ2n) is 10.3. The Morgan fingerprint density at radius 1 is 0.868 bits per heavy atom. The average Bonchev–Trinajstić information content (AvgIpc) is 2.88. The largest absolute Gasteiger partial charge is 0.493 e. The lowest BCUT2D eigenvalue weighted by molar-refractivity contribution is -0.141. The Morgan fingerprint density at radius 2 is 1.55 bits per heavy atom. The summed E-state index contributed by atoms with van der Waals surface area (Å²) in [6.07, 6.45) is 1.11. The Kier molecular flexibility index (Phi) is 10.2. The van der Waals surface area contributed by atoms with E-state index < -0.39 is 11.6 Å². The average molecular weight is 537 g/mol. The van der Waals surface area contributed by atoms with Crippen LogP contribution in [-0.4, -0.2) is 42.5 Å². The van der Waals surface area contributed by atoms with Crippen molar-refractivity contribution in [2.75, 3.05) is 14.2 Å². The quantitative estimate of drug-likeness (QED) is 0.334. The lowest BCUT2D eigenvalue weighted by Gasteiger charge is -2.34. The second-order valence-corrected chi connectivity index (χ2v) is 10.7. The Hall–Kier alpha value is -3.51. The summed E-state index contributed by atoms with van der Waals surface area (Å²) in [4.78, 5) is 29.2. The third kappa shape index (κ3) is 8.52. The van der Waals surface area contributed by atoms with Crippen LogP contribution < -0.4 is 14.8 Å². The number of aryl methyl sites for hydroxylation is 1. The molecule has 6 nitrogen and oxygen atoms in total. The van der Waals surface area contributed by atoms with Gasteiger partial charge in [-0.1, -0.05) is 60.1 Å². The number of carbonyl (C=O) groups is 2. The highest BCUT2D eigenvalue weighted by molar-refractivity contribution is 6.30. The molecule has 0 heterocycles. The Morgan fingerprint density at radius 3 is 2.18 bits per heavy atom. The molecule has 0 radical (unpaired) electrons. The maximum atomic E-state index is 13.8. The number of benzene rings is 3. The van der Waals surface area contributed by atoms with Crippen LogP contribution in [0.25, 0.3) is 0 Å². The van der Waals surface area contributed by atoms with E-state index in [0.29, 0.717) is 29.4 Å². The molecule has 0 spiro atoms. The van der Waals surface area contributed by atoms with Crippen molar-refractivity contribution in [1.29, 1.82) is 0 Å². The predicted molar refractivity (Wildman–Crippen MR) is 152 cm³/mol. The van der Waals surface area contributed by atoms with Crippen molar-refractivity contribution in [3.8, 4) is 11.5 Å². The number of amides is 2. The van der Waals surface area contributed by atoms with Gasteiger partial charge in [0.1, 0.15) is 6.04 Å². The first-order chi connectivity index (χ1) is 18.1. The zero-order chi connectivity index (χ0) is 27.7. The molecule has 1 atom stereocenters. The first-order valence-corrected chi connectivity index (χ1v) is 13.1. The lowest BCUT2D eigenvalue weighted by atomic mass is 9.99. The molecule has 3 aromatic carbocycles. The first-order valence-electron chi connectivity index (χ1n) is 12.7. The van der Waals surface area contributed by atoms with Crippen molar-refractivity contribution < 1.29 is 19.1 Å². The topological polar surface area (TPSA) is 67.9 Å². The Balaban J connectivity index is 1.93. The summed E-state index contributed by atoms with van der Waals surface area (Å²) >= 11 is 6.26. The molecule has 0 aromatic heterocycles. The number of hydrogen-bond donors (Lipinski definition) is 1. The predicted octanol–water partition coefficient (Wildman–Crippen LogP) is 5.84. The monoisotopic (exact) mass is 536 g/mol.